The molecule has 0 atom stereocenters. The minimum atomic E-state index is -4.82. The van der Waals surface area contributed by atoms with E-state index in [4.69, 9.17) is 4.74 Å². The van der Waals surface area contributed by atoms with Gasteiger partial charge in [0, 0.05) is 72.7 Å². The molecule has 0 unspecified atom stereocenters. The minimum Gasteiger partial charge on any atom is -0.748 e. The molecule has 72 heavy (non-hydrogen) atoms. The van der Waals surface area contributed by atoms with Crippen molar-refractivity contribution >= 4 is 69.4 Å². The van der Waals surface area contributed by atoms with E-state index in [1.807, 2.05) is 61.5 Å². The zero-order valence-electron chi connectivity index (χ0n) is 42.2. The van der Waals surface area contributed by atoms with Crippen LogP contribution in [0.25, 0.3) is 0 Å². The Bertz CT molecular complexity index is 2970. The van der Waals surface area contributed by atoms with E-state index in [9.17, 15) is 66.6 Å². The molecule has 3 aliphatic rings. The van der Waals surface area contributed by atoms with Gasteiger partial charge < -0.3 is 33.5 Å². The van der Waals surface area contributed by atoms with E-state index in [1.165, 1.54) is 35.2 Å². The summed E-state index contributed by atoms with van der Waals surface area (Å²) in [6, 6.07) is 8.31. The molecule has 0 radical (unpaired) electrons. The number of ether oxygens (including phenoxy) is 1. The molecule has 1 aliphatic carbocycles. The van der Waals surface area contributed by atoms with Gasteiger partial charge in [0.05, 0.1) is 37.6 Å². The number of benzene rings is 2. The van der Waals surface area contributed by atoms with E-state index >= 15 is 0 Å². The van der Waals surface area contributed by atoms with Crippen molar-refractivity contribution in [3.05, 3.63) is 94.4 Å². The van der Waals surface area contributed by atoms with E-state index < -0.39 is 73.7 Å². The Labute approximate surface area is 490 Å². The number of carboxylic acid groups (broad SMARTS) is 1. The largest absolute Gasteiger partial charge is 1.00 e. The van der Waals surface area contributed by atoms with Crippen LogP contribution in [0.1, 0.15) is 103 Å². The number of hydrogen-bond donors (Lipinski definition) is 2. The summed E-state index contributed by atoms with van der Waals surface area (Å²) >= 11 is 0. The minimum absolute atomic E-state index is 0. The van der Waals surface area contributed by atoms with E-state index in [2.05, 4.69) is 0 Å². The first-order valence-electron chi connectivity index (χ1n) is 22.3. The fourth-order valence-electron chi connectivity index (χ4n) is 8.96. The second-order valence-corrected chi connectivity index (χ2v) is 24.3. The molecule has 0 aromatic heterocycles. The van der Waals surface area contributed by atoms with Gasteiger partial charge in [-0.1, -0.05) is 19.9 Å². The van der Waals surface area contributed by atoms with Gasteiger partial charge in [-0.2, -0.15) is 21.4 Å². The van der Waals surface area contributed by atoms with Crippen molar-refractivity contribution in [3.8, 4) is 0 Å². The predicted octanol–water partition coefficient (Wildman–Crippen LogP) is -4.78. The molecule has 2 aromatic rings. The molecule has 2 heterocycles. The number of likely N-dealkylation sites (N-methyl/N-ethyl adjacent to an activating group) is 1. The SMILES string of the molecule is CN(CCOC1=C(C=CC2=[N+](CCCCS(=O)(=O)O)c3ccc(S(=O)(=O)[O-])cc3C2(C)C)CCCC1=CC=C1N(CCCCS(=O)(=O)[O-])c2ccc(S(=O)(=O)O)cc2C1(C)C)C(=O)CCCC(=O)[O-].[Na+].[Na+].[Na+]. The fraction of sp³-hybridized carbons (Fsp3) is 0.500. The third-order valence-corrected chi connectivity index (χ3v) is 15.9. The first-order valence-corrected chi connectivity index (χ1v) is 28.4. The number of unbranched alkanes of at least 4 members (excludes halogenated alkanes) is 2. The van der Waals surface area contributed by atoms with E-state index in [-0.39, 0.29) is 164 Å². The van der Waals surface area contributed by atoms with E-state index in [1.54, 1.807) is 13.1 Å². The number of carbonyl (C=O) groups is 2. The molecule has 26 heteroatoms. The van der Waals surface area contributed by atoms with Crippen molar-refractivity contribution in [2.45, 2.75) is 113 Å². The van der Waals surface area contributed by atoms with Crippen molar-refractivity contribution < 1.29 is 165 Å². The average molecular weight is 1110 g/mol. The molecule has 19 nitrogen and oxygen atoms in total. The Morgan fingerprint density at radius 1 is 0.792 bits per heavy atom. The number of hydrogen-bond acceptors (Lipinski definition) is 15. The molecule has 0 spiro atoms. The Morgan fingerprint density at radius 3 is 2.04 bits per heavy atom. The summed E-state index contributed by atoms with van der Waals surface area (Å²) in [5.41, 5.74) is 3.46. The first-order chi connectivity index (χ1) is 31.9. The maximum Gasteiger partial charge on any atom is 1.00 e. The molecule has 2 aliphatic heterocycles. The number of allylic oxidation sites excluding steroid dienone is 7. The Morgan fingerprint density at radius 2 is 1.43 bits per heavy atom. The van der Waals surface area contributed by atoms with Crippen LogP contribution in [-0.2, 0) is 65.6 Å². The van der Waals surface area contributed by atoms with Crippen LogP contribution in [0, 0.1) is 0 Å². The summed E-state index contributed by atoms with van der Waals surface area (Å²) in [5.74, 6) is -2.11. The number of amides is 1. The maximum absolute atomic E-state index is 12.9. The zero-order valence-corrected chi connectivity index (χ0v) is 51.4. The van der Waals surface area contributed by atoms with Gasteiger partial charge in [0.2, 0.25) is 11.6 Å². The van der Waals surface area contributed by atoms with Gasteiger partial charge in [0.15, 0.2) is 5.71 Å². The zero-order chi connectivity index (χ0) is 51.3. The number of carboxylic acids is 1. The van der Waals surface area contributed by atoms with Crippen molar-refractivity contribution in [2.24, 2.45) is 0 Å². The third-order valence-electron chi connectivity index (χ3n) is 12.6. The number of carbonyl (C=O) groups excluding carboxylic acids is 2. The molecule has 0 saturated heterocycles. The summed E-state index contributed by atoms with van der Waals surface area (Å²) in [7, 11) is -16.5. The van der Waals surface area contributed by atoms with Gasteiger partial charge in [-0.3, -0.25) is 13.9 Å². The number of rotatable bonds is 23. The Kier molecular flexibility index (Phi) is 24.9. The van der Waals surface area contributed by atoms with Crippen LogP contribution >= 0.6 is 0 Å². The molecule has 1 amide bonds. The van der Waals surface area contributed by atoms with E-state index in [0.29, 0.717) is 65.4 Å². The molecule has 5 rings (SSSR count). The van der Waals surface area contributed by atoms with Gasteiger partial charge in [0.1, 0.15) is 29.0 Å². The molecule has 0 fully saturated rings. The maximum atomic E-state index is 12.9. The summed E-state index contributed by atoms with van der Waals surface area (Å²) < 4.78 is 146. The molecule has 380 valence electrons. The monoisotopic (exact) mass is 1110 g/mol. The van der Waals surface area contributed by atoms with Crippen molar-refractivity contribution in [1.82, 2.24) is 4.90 Å². The van der Waals surface area contributed by atoms with Gasteiger partial charge in [0.25, 0.3) is 20.2 Å². The molecule has 0 saturated carbocycles. The summed E-state index contributed by atoms with van der Waals surface area (Å²) in [5, 5.41) is 10.9. The summed E-state index contributed by atoms with van der Waals surface area (Å²) in [6.45, 7) is 8.15. The van der Waals surface area contributed by atoms with Gasteiger partial charge in [-0.25, -0.2) is 16.8 Å². The average Bonchev–Trinajstić information content (AvgIpc) is 3.58. The molecule has 0 bridgehead atoms. The normalized spacial score (nSPS) is 17.6. The topological polar surface area (TPSA) is 299 Å². The van der Waals surface area contributed by atoms with Crippen LogP contribution in [0.2, 0.25) is 0 Å². The second kappa shape index (κ2) is 27.0. The summed E-state index contributed by atoms with van der Waals surface area (Å²) in [6.07, 6.45) is 9.76. The van der Waals surface area contributed by atoms with E-state index in [0.717, 1.165) is 11.1 Å². The smallest absolute Gasteiger partial charge is 0.748 e. The molecule has 2 N–H and O–H groups in total. The fourth-order valence-corrected chi connectivity index (χ4v) is 11.1. The van der Waals surface area contributed by atoms with Crippen LogP contribution in [-0.4, -0.2) is 124 Å². The Hall–Kier alpha value is -1.75. The van der Waals surface area contributed by atoms with Gasteiger partial charge in [-0.15, -0.1) is 0 Å². The predicted molar refractivity (Wildman–Crippen MR) is 252 cm³/mol. The second-order valence-electron chi connectivity index (χ2n) is 18.4. The standard InChI is InChI=1S/C46H61N3O16S4.3Na/c1-45(2)36-30-34(68(59,60)61)18-20-38(36)48(24-6-8-28-66(53,54)55)40(45)22-16-32-12-10-13-33(44(32)65-27-26-47(5)42(50)14-11-15-43(51)52)17-23-41-46(3,4)37-31-35(69(62,63)64)19-21-39(37)49(41)25-7-9-29-67(56,57)58;;;/h16-23,30-31H,6-15,24-29H2,1-5H3,(H4-,51,52,53,54,55,56,57,58,59,60,61,62,63,64);;;/q;3*+1/p-2. The Balaban J connectivity index is 0.00000592. The van der Waals surface area contributed by atoms with Crippen LogP contribution in [0.4, 0.5) is 11.4 Å². The van der Waals surface area contributed by atoms with Crippen LogP contribution in [0.15, 0.2) is 93.1 Å². The number of nitrogens with zero attached hydrogens (tertiary/aromatic N) is 3. The van der Waals surface area contributed by atoms with Crippen LogP contribution in [0.5, 0.6) is 0 Å². The number of fused-ring (bicyclic) bond motifs is 2. The molecule has 2 aromatic carbocycles. The van der Waals surface area contributed by atoms with Crippen LogP contribution < -0.4 is 98.7 Å². The summed E-state index contributed by atoms with van der Waals surface area (Å²) in [4.78, 5) is 26.4. The third kappa shape index (κ3) is 17.6. The van der Waals surface area contributed by atoms with Crippen molar-refractivity contribution in [3.63, 3.8) is 0 Å². The molecular weight excluding hydrogens is 1050 g/mol. The van der Waals surface area contributed by atoms with Gasteiger partial charge >= 0.3 is 88.7 Å². The van der Waals surface area contributed by atoms with Crippen molar-refractivity contribution in [1.29, 1.82) is 0 Å². The quantitative estimate of drug-likeness (QED) is 0.0457. The number of anilines is 1. The van der Waals surface area contributed by atoms with Gasteiger partial charge in [-0.05, 0) is 124 Å². The number of aliphatic carboxylic acids is 1. The first kappa shape index (κ1) is 66.4. The molecular formula is C46H59N3Na3O16S4+. The van der Waals surface area contributed by atoms with Crippen LogP contribution in [0.3, 0.4) is 0 Å². The van der Waals surface area contributed by atoms with Crippen molar-refractivity contribution in [2.75, 3.05) is 49.7 Å².